The van der Waals surface area contributed by atoms with Gasteiger partial charge in [0.25, 0.3) is 11.9 Å². The second-order valence-electron chi connectivity index (χ2n) is 7.66. The summed E-state index contributed by atoms with van der Waals surface area (Å²) in [7, 11) is 0. The van der Waals surface area contributed by atoms with E-state index < -0.39 is 47.6 Å². The molecule has 12 heteroatoms. The van der Waals surface area contributed by atoms with Crippen LogP contribution in [-0.2, 0) is 15.0 Å². The summed E-state index contributed by atoms with van der Waals surface area (Å²) in [6.45, 7) is 0.151. The first-order valence-electron chi connectivity index (χ1n) is 9.38. The Hall–Kier alpha value is -2.92. The molecule has 0 bridgehead atoms. The average molecular weight is 473 g/mol. The van der Waals surface area contributed by atoms with Crippen LogP contribution in [0.15, 0.2) is 41.5 Å². The third-order valence-corrected chi connectivity index (χ3v) is 5.90. The van der Waals surface area contributed by atoms with Crippen molar-refractivity contribution < 1.29 is 31.8 Å². The number of amides is 1. The highest BCUT2D eigenvalue weighted by Gasteiger charge is 2.71. The number of alkyl halides is 3. The van der Waals surface area contributed by atoms with E-state index in [1.165, 1.54) is 37.4 Å². The summed E-state index contributed by atoms with van der Waals surface area (Å²) >= 11 is 5.76. The monoisotopic (exact) mass is 472 g/mol. The summed E-state index contributed by atoms with van der Waals surface area (Å²) in [5.41, 5.74) is 1.02. The number of hydrogen-bond donors (Lipinski definition) is 2. The van der Waals surface area contributed by atoms with Crippen LogP contribution >= 0.6 is 11.6 Å². The number of benzene rings is 1. The van der Waals surface area contributed by atoms with Gasteiger partial charge in [0.1, 0.15) is 17.1 Å². The minimum atomic E-state index is -4.85. The largest absolute Gasteiger partial charge is 0.446 e. The van der Waals surface area contributed by atoms with Gasteiger partial charge in [-0.05, 0) is 37.3 Å². The fraction of sp³-hybridized carbons (Fsp3) is 0.350. The lowest BCUT2D eigenvalue weighted by atomic mass is 9.71. The van der Waals surface area contributed by atoms with E-state index in [9.17, 15) is 22.4 Å². The Morgan fingerprint density at radius 3 is 2.72 bits per heavy atom. The van der Waals surface area contributed by atoms with Gasteiger partial charge in [-0.15, -0.1) is 0 Å². The van der Waals surface area contributed by atoms with Crippen molar-refractivity contribution in [2.75, 3.05) is 18.5 Å². The van der Waals surface area contributed by atoms with E-state index in [0.717, 1.165) is 6.07 Å². The summed E-state index contributed by atoms with van der Waals surface area (Å²) in [6, 6.07) is 5.63. The standard InChI is InChI=1S/C20H17ClF4N4O3/c1-18(15-8-31-9-19(15,20(23,24)25)32-17(26)29-18)12-6-11(3-4-13(12)22)28-16(30)14-5-2-10(21)7-27-14/h2-7,15H,8-9H2,1H3,(H2,26,29)(H,28,30). The molecule has 3 heterocycles. The molecule has 0 saturated carbocycles. The Morgan fingerprint density at radius 1 is 1.31 bits per heavy atom. The number of carbonyl (C=O) groups is 1. The number of nitrogens with one attached hydrogen (secondary N) is 1. The number of aromatic nitrogens is 1. The number of nitrogens with two attached hydrogens (primary N) is 1. The van der Waals surface area contributed by atoms with E-state index in [4.69, 9.17) is 26.8 Å². The van der Waals surface area contributed by atoms with E-state index in [0.29, 0.717) is 5.02 Å². The average Bonchev–Trinajstić information content (AvgIpc) is 3.16. The van der Waals surface area contributed by atoms with Crippen LogP contribution in [0.25, 0.3) is 0 Å². The SMILES string of the molecule is CC1(c2cc(NC(=O)c3ccc(Cl)cn3)ccc2F)N=C(N)OC2(C(F)(F)F)COCC12. The Kier molecular flexibility index (Phi) is 5.29. The van der Waals surface area contributed by atoms with Crippen molar-refractivity contribution in [2.45, 2.75) is 24.2 Å². The molecule has 0 spiro atoms. The van der Waals surface area contributed by atoms with Gasteiger partial charge in [0.2, 0.25) is 5.60 Å². The predicted octanol–water partition coefficient (Wildman–Crippen LogP) is 3.63. The van der Waals surface area contributed by atoms with Gasteiger partial charge in [-0.3, -0.25) is 4.79 Å². The first kappa shape index (κ1) is 22.3. The number of amidine groups is 1. The number of hydrogen-bond acceptors (Lipinski definition) is 6. The highest BCUT2D eigenvalue weighted by Crippen LogP contribution is 2.54. The lowest BCUT2D eigenvalue weighted by Gasteiger charge is -2.46. The molecule has 3 N–H and O–H groups in total. The molecule has 2 aromatic rings. The molecule has 1 fully saturated rings. The van der Waals surface area contributed by atoms with E-state index in [1.807, 2.05) is 0 Å². The minimum absolute atomic E-state index is 0.0418. The maximum absolute atomic E-state index is 14.9. The zero-order chi connectivity index (χ0) is 23.3. The topological polar surface area (TPSA) is 98.8 Å². The summed E-state index contributed by atoms with van der Waals surface area (Å²) in [4.78, 5) is 20.4. The van der Waals surface area contributed by atoms with Crippen LogP contribution in [0.3, 0.4) is 0 Å². The minimum Gasteiger partial charge on any atom is -0.446 e. The summed E-state index contributed by atoms with van der Waals surface area (Å²) in [5.74, 6) is -2.86. The lowest BCUT2D eigenvalue weighted by Crippen LogP contribution is -2.63. The lowest BCUT2D eigenvalue weighted by molar-refractivity contribution is -0.274. The van der Waals surface area contributed by atoms with Crippen molar-refractivity contribution in [1.29, 1.82) is 0 Å². The summed E-state index contributed by atoms with van der Waals surface area (Å²) < 4.78 is 67.0. The van der Waals surface area contributed by atoms with E-state index in [1.54, 1.807) is 0 Å². The molecular weight excluding hydrogens is 456 g/mol. The van der Waals surface area contributed by atoms with Gasteiger partial charge in [0, 0.05) is 17.4 Å². The molecular formula is C20H17ClF4N4O3. The summed E-state index contributed by atoms with van der Waals surface area (Å²) in [5, 5.41) is 2.87. The van der Waals surface area contributed by atoms with Crippen LogP contribution in [-0.4, -0.2) is 41.9 Å². The van der Waals surface area contributed by atoms with Crippen LogP contribution in [0.1, 0.15) is 23.0 Å². The number of pyridine rings is 1. The van der Waals surface area contributed by atoms with Crippen LogP contribution in [0.2, 0.25) is 5.02 Å². The number of anilines is 1. The van der Waals surface area contributed by atoms with Crippen molar-refractivity contribution in [3.8, 4) is 0 Å². The fourth-order valence-electron chi connectivity index (χ4n) is 4.08. The van der Waals surface area contributed by atoms with Gasteiger partial charge in [-0.1, -0.05) is 11.6 Å². The van der Waals surface area contributed by atoms with Crippen molar-refractivity contribution in [1.82, 2.24) is 4.98 Å². The molecule has 1 aromatic carbocycles. The molecule has 3 unspecified atom stereocenters. The fourth-order valence-corrected chi connectivity index (χ4v) is 4.19. The van der Waals surface area contributed by atoms with E-state index in [2.05, 4.69) is 15.3 Å². The Balaban J connectivity index is 1.73. The van der Waals surface area contributed by atoms with Crippen molar-refractivity contribution in [2.24, 2.45) is 16.6 Å². The van der Waals surface area contributed by atoms with Crippen LogP contribution in [0, 0.1) is 11.7 Å². The van der Waals surface area contributed by atoms with Crippen molar-refractivity contribution in [3.05, 3.63) is 58.6 Å². The number of ether oxygens (including phenoxy) is 2. The van der Waals surface area contributed by atoms with Crippen LogP contribution < -0.4 is 11.1 Å². The number of rotatable bonds is 3. The second-order valence-corrected chi connectivity index (χ2v) is 8.10. The first-order valence-corrected chi connectivity index (χ1v) is 9.76. The molecule has 7 nitrogen and oxygen atoms in total. The predicted molar refractivity (Wildman–Crippen MR) is 107 cm³/mol. The normalized spacial score (nSPS) is 27.3. The highest BCUT2D eigenvalue weighted by atomic mass is 35.5. The maximum Gasteiger partial charge on any atom is 0.431 e. The maximum atomic E-state index is 14.9. The first-order chi connectivity index (χ1) is 15.0. The quantitative estimate of drug-likeness (QED) is 0.665. The van der Waals surface area contributed by atoms with E-state index in [-0.39, 0.29) is 23.6 Å². The molecule has 1 amide bonds. The van der Waals surface area contributed by atoms with E-state index >= 15 is 0 Å². The summed E-state index contributed by atoms with van der Waals surface area (Å²) in [6.07, 6.45) is -3.57. The van der Waals surface area contributed by atoms with Gasteiger partial charge in [0.05, 0.1) is 24.2 Å². The molecule has 0 aliphatic carbocycles. The van der Waals surface area contributed by atoms with Crippen molar-refractivity contribution in [3.63, 3.8) is 0 Å². The number of halogens is 5. The smallest absolute Gasteiger partial charge is 0.431 e. The molecule has 2 aliphatic rings. The zero-order valence-electron chi connectivity index (χ0n) is 16.5. The van der Waals surface area contributed by atoms with Crippen LogP contribution in [0.4, 0.5) is 23.2 Å². The van der Waals surface area contributed by atoms with Gasteiger partial charge in [0.15, 0.2) is 0 Å². The second kappa shape index (κ2) is 7.59. The molecule has 1 aromatic heterocycles. The third-order valence-electron chi connectivity index (χ3n) is 5.68. The van der Waals surface area contributed by atoms with Crippen LogP contribution in [0.5, 0.6) is 0 Å². The third kappa shape index (κ3) is 3.55. The molecule has 4 rings (SSSR count). The molecule has 3 atom stereocenters. The van der Waals surface area contributed by atoms with Gasteiger partial charge in [-0.25, -0.2) is 14.4 Å². The number of aliphatic imine (C=N–C) groups is 1. The number of carbonyl (C=O) groups excluding carboxylic acids is 1. The Bertz CT molecular complexity index is 1100. The number of fused-ring (bicyclic) bond motifs is 1. The molecule has 2 aliphatic heterocycles. The van der Waals surface area contributed by atoms with Gasteiger partial charge in [-0.2, -0.15) is 13.2 Å². The number of nitrogens with zero attached hydrogens (tertiary/aromatic N) is 2. The van der Waals surface area contributed by atoms with Gasteiger partial charge >= 0.3 is 6.18 Å². The Morgan fingerprint density at radius 2 is 2.06 bits per heavy atom. The zero-order valence-corrected chi connectivity index (χ0v) is 17.3. The molecule has 1 saturated heterocycles. The molecule has 32 heavy (non-hydrogen) atoms. The highest BCUT2D eigenvalue weighted by molar-refractivity contribution is 6.30. The van der Waals surface area contributed by atoms with Crippen molar-refractivity contribution >= 4 is 29.2 Å². The van der Waals surface area contributed by atoms with Gasteiger partial charge < -0.3 is 20.5 Å². The molecule has 0 radical (unpaired) electrons. The molecule has 170 valence electrons. The Labute approximate surface area is 184 Å².